The van der Waals surface area contributed by atoms with Crippen LogP contribution in [-0.2, 0) is 126 Å². The molecule has 5 aromatic carbocycles. The number of hydrogen-bond donors (Lipinski definition) is 6. The van der Waals surface area contributed by atoms with Crippen LogP contribution in [0.1, 0.15) is 90.9 Å². The highest BCUT2D eigenvalue weighted by Crippen LogP contribution is 2.39. The summed E-state index contributed by atoms with van der Waals surface area (Å²) in [6.07, 6.45) is 13.1. The van der Waals surface area contributed by atoms with Crippen LogP contribution < -0.4 is 31.2 Å². The van der Waals surface area contributed by atoms with Crippen LogP contribution in [0, 0.1) is 0 Å². The van der Waals surface area contributed by atoms with E-state index in [-0.39, 0.29) is 42.6 Å². The van der Waals surface area contributed by atoms with E-state index in [4.69, 9.17) is 0 Å². The maximum absolute atomic E-state index is 13.0. The summed E-state index contributed by atoms with van der Waals surface area (Å²) in [7, 11) is 11.4. The smallest absolute Gasteiger partial charge is 0.338 e. The highest BCUT2D eigenvalue weighted by molar-refractivity contribution is 7.13. The lowest BCUT2D eigenvalue weighted by molar-refractivity contribution is -0.571. The Hall–Kier alpha value is -15.8. The van der Waals surface area contributed by atoms with Gasteiger partial charge in [0.2, 0.25) is 23.6 Å². The van der Waals surface area contributed by atoms with Crippen LogP contribution in [-0.4, -0.2) is 181 Å². The van der Waals surface area contributed by atoms with Crippen LogP contribution in [0.5, 0.6) is 0 Å². The zero-order valence-electron chi connectivity index (χ0n) is 77.2. The van der Waals surface area contributed by atoms with Gasteiger partial charge in [-0.3, -0.25) is 66.7 Å². The zero-order chi connectivity index (χ0) is 96.7. The van der Waals surface area contributed by atoms with E-state index < -0.39 is 25.3 Å². The van der Waals surface area contributed by atoms with Crippen molar-refractivity contribution < 1.29 is 54.9 Å². The molecule has 0 saturated carbocycles. The van der Waals surface area contributed by atoms with Crippen LogP contribution in [0.3, 0.4) is 0 Å². The molecule has 41 heteroatoms. The Morgan fingerprint density at radius 3 is 1.16 bits per heavy atom. The number of carbonyl (C=O) groups is 5. The third-order valence-corrected chi connectivity index (χ3v) is 24.7. The fourth-order valence-electron chi connectivity index (χ4n) is 16.9. The number of amides is 4. The molecule has 20 rings (SSSR count). The first-order valence-electron chi connectivity index (χ1n) is 44.1. The minimum atomic E-state index is -4.38. The number of aromatic amines is 1. The van der Waals surface area contributed by atoms with Gasteiger partial charge in [-0.15, -0.1) is 15.9 Å². The van der Waals surface area contributed by atoms with Crippen molar-refractivity contribution in [2.75, 3.05) is 52.8 Å². The highest BCUT2D eigenvalue weighted by Gasteiger charge is 2.36. The van der Waals surface area contributed by atoms with Gasteiger partial charge in [-0.2, -0.15) is 72.2 Å². The quantitative estimate of drug-likeness (QED) is 0.0343. The molecule has 708 valence electrons. The second-order valence-electron chi connectivity index (χ2n) is 33.7. The molecule has 0 bridgehead atoms. The molecule has 0 fully saturated rings. The van der Waals surface area contributed by atoms with Crippen molar-refractivity contribution >= 4 is 109 Å². The summed E-state index contributed by atoms with van der Waals surface area (Å²) in [5.74, 6) is 3.14. The van der Waals surface area contributed by atoms with Gasteiger partial charge in [-0.25, -0.2) is 4.79 Å². The number of benzene rings is 5. The topological polar surface area (TPSA) is 346 Å². The Morgan fingerprint density at radius 2 is 0.788 bits per heavy atom. The van der Waals surface area contributed by atoms with Crippen LogP contribution in [0.25, 0.3) is 65.9 Å². The fraction of sp³-hybridized carbons (Fsp3) is 0.292. The highest BCUT2D eigenvalue weighted by atomic mass is 32.1. The van der Waals surface area contributed by atoms with E-state index >= 15 is 0 Å². The minimum absolute atomic E-state index is 0.0381. The molecule has 0 atom stereocenters. The Balaban J connectivity index is 0.000000124. The lowest BCUT2D eigenvalue weighted by atomic mass is 10.1. The number of nitrogens with one attached hydrogen (secondary N) is 6. The first-order chi connectivity index (χ1) is 65.6. The number of nitrogens with zero attached hydrogens (tertiary/aromatic N) is 23. The number of anilines is 10. The SMILES string of the molecule is CC(=O)N1CCc2c(c(Nc3cccc(-c4cn[nH]c4)c3)nn2C)C1.CC(=O)N1CCc2c(c(Nc3cccc(-c4cnn(C)c4)c3)nn2C)C1.CC(=O)N1CCc2c(c(Nc3cccc(-c4cnn(C)c4)c3)nn2CC(F)(F)F)C1.CC(=O)N1CCc2c(c(Nc3cccc(-c4cnn(C)c4)c3)nn2CCC(F)(F)F)C1.CC(=O)[n+]1ccc2c(c1)c(Nc1cccc(-c3cncs3)c1)nn2C. The molecule has 16 aromatic rings. The molecule has 0 aliphatic carbocycles. The van der Waals surface area contributed by atoms with Gasteiger partial charge in [0.1, 0.15) is 11.9 Å². The molecule has 0 spiro atoms. The second kappa shape index (κ2) is 40.5. The largest absolute Gasteiger partial charge is 0.408 e. The molecule has 0 saturated heterocycles. The van der Waals surface area contributed by atoms with E-state index in [1.807, 2.05) is 201 Å². The summed E-state index contributed by atoms with van der Waals surface area (Å²) in [6, 6.07) is 41.4. The van der Waals surface area contributed by atoms with Crippen molar-refractivity contribution in [2.24, 2.45) is 42.3 Å². The molecule has 15 heterocycles. The number of aromatic nitrogens is 20. The van der Waals surface area contributed by atoms with Crippen LogP contribution in [0.4, 0.5) is 83.9 Å². The Morgan fingerprint density at radius 1 is 0.416 bits per heavy atom. The van der Waals surface area contributed by atoms with Gasteiger partial charge in [-0.1, -0.05) is 60.7 Å². The van der Waals surface area contributed by atoms with E-state index in [9.17, 15) is 50.3 Å². The van der Waals surface area contributed by atoms with Crippen molar-refractivity contribution in [3.63, 3.8) is 0 Å². The van der Waals surface area contributed by atoms with Gasteiger partial charge < -0.3 is 46.2 Å². The van der Waals surface area contributed by atoms with Crippen molar-refractivity contribution in [3.05, 3.63) is 246 Å². The number of alkyl halides is 6. The monoisotopic (exact) mass is 1890 g/mol. The molecular formula is C96H102F6N29O5S+. The van der Waals surface area contributed by atoms with Crippen LogP contribution in [0.15, 0.2) is 201 Å². The zero-order valence-corrected chi connectivity index (χ0v) is 78.0. The standard InChI is InChI=1S/C21H23F3N6O.C20H21F3N6O.C19H22N6O.C18H20N6O.C18H16N5OS/c1-14(31)29-8-6-19-18(13-29)20(27-30(19)9-7-21(22,23)24)26-17-5-3-4-15(10-17)16-11-25-28(2)12-16;1-13(30)28-7-6-18-17(11-28)19(26-29(18)12-20(21,22)23)25-16-5-3-4-14(8-16)15-9-24-27(2)10-15;1-13(26)25-8-7-18-17(12-25)19(22-24(18)3)21-16-6-4-5-14(9-16)15-10-20-23(2)11-15;1-12(25)24-7-6-17-16(11-24)18(22-23(17)2)21-15-5-3-4-13(8-15)14-9-19-20-10-14;1-12(24)23-7-6-16-15(10-23)18(21-22(16)2)20-14-5-3-4-13(8-14)17-9-19-11-25-17/h3-5,10-12H,6-9,13H2,1-2H3,(H,26,27);3-5,8-10H,6-7,11-12H2,1-2H3,(H,25,26);4-6,9-11H,7-8,12H2,1-3H3,(H,21,22);3-5,8-10H,6-7,11H2,1-2H3,(H,19,20)(H,21,22);3-11H,1-2H3,(H,20,21)/q;;;;+1. The lowest BCUT2D eigenvalue weighted by Crippen LogP contribution is -2.39. The Bertz CT molecular complexity index is 7070. The molecule has 0 unspecified atom stereocenters. The summed E-state index contributed by atoms with van der Waals surface area (Å²) < 4.78 is 92.3. The molecular weight excluding hydrogens is 1790 g/mol. The van der Waals surface area contributed by atoms with Crippen molar-refractivity contribution in [1.82, 2.24) is 113 Å². The van der Waals surface area contributed by atoms with E-state index in [0.717, 1.165) is 159 Å². The predicted molar refractivity (Wildman–Crippen MR) is 508 cm³/mol. The first-order valence-corrected chi connectivity index (χ1v) is 45.0. The predicted octanol–water partition coefficient (Wildman–Crippen LogP) is 15.7. The number of halogens is 6. The molecule has 34 nitrogen and oxygen atoms in total. The lowest BCUT2D eigenvalue weighted by Gasteiger charge is -2.27. The summed E-state index contributed by atoms with van der Waals surface area (Å²) in [6.45, 7) is 10.4. The van der Waals surface area contributed by atoms with Gasteiger partial charge in [-0.05, 0) is 88.5 Å². The third kappa shape index (κ3) is 22.8. The molecule has 0 radical (unpaired) electrons. The number of hydrogen-bond acceptors (Lipinski definition) is 21. The number of rotatable bonds is 18. The summed E-state index contributed by atoms with van der Waals surface area (Å²) in [5, 5.41) is 59.4. The molecule has 4 aliphatic rings. The number of fused-ring (bicyclic) bond motifs is 5. The molecule has 4 aliphatic heterocycles. The maximum atomic E-state index is 13.0. The summed E-state index contributed by atoms with van der Waals surface area (Å²) in [5.41, 5.74) is 23.4. The van der Waals surface area contributed by atoms with Crippen LogP contribution >= 0.6 is 11.3 Å². The maximum Gasteiger partial charge on any atom is 0.408 e. The number of pyridine rings is 1. The van der Waals surface area contributed by atoms with E-state index in [1.54, 1.807) is 89.3 Å². The number of thiazole rings is 1. The van der Waals surface area contributed by atoms with Gasteiger partial charge in [0.05, 0.1) is 80.2 Å². The minimum Gasteiger partial charge on any atom is -0.338 e. The molecule has 6 N–H and O–H groups in total. The summed E-state index contributed by atoms with van der Waals surface area (Å²) in [4.78, 5) is 71.1. The number of aryl methyl sites for hydroxylation is 7. The Labute approximate surface area is 787 Å². The van der Waals surface area contributed by atoms with E-state index in [0.29, 0.717) is 74.1 Å². The fourth-order valence-corrected chi connectivity index (χ4v) is 17.5. The van der Waals surface area contributed by atoms with Gasteiger partial charge >= 0.3 is 18.3 Å². The molecule has 11 aromatic heterocycles. The van der Waals surface area contributed by atoms with Crippen LogP contribution in [0.2, 0.25) is 0 Å². The third-order valence-electron chi connectivity index (χ3n) is 23.9. The number of H-pyrrole nitrogens is 1. The van der Waals surface area contributed by atoms with Crippen molar-refractivity contribution in [1.29, 1.82) is 0 Å². The summed E-state index contributed by atoms with van der Waals surface area (Å²) >= 11 is 1.60. The first kappa shape index (κ1) is 94.4. The molecule has 4 amide bonds. The second-order valence-corrected chi connectivity index (χ2v) is 34.6. The Kier molecular flexibility index (Phi) is 27.9. The van der Waals surface area contributed by atoms with Gasteiger partial charge in [0.15, 0.2) is 41.5 Å². The average molecular weight is 1890 g/mol. The van der Waals surface area contributed by atoms with E-state index in [1.165, 1.54) is 36.8 Å². The number of carbonyl (C=O) groups excluding carboxylic acids is 5. The van der Waals surface area contributed by atoms with Gasteiger partial charge in [0.25, 0.3) is 0 Å². The normalized spacial score (nSPS) is 13.3. The molecule has 137 heavy (non-hydrogen) atoms. The van der Waals surface area contributed by atoms with E-state index in [2.05, 4.69) is 113 Å². The van der Waals surface area contributed by atoms with Crippen molar-refractivity contribution in [3.8, 4) is 54.9 Å². The average Bonchev–Trinajstić information content (AvgIpc) is 1.65. The van der Waals surface area contributed by atoms with Crippen molar-refractivity contribution in [2.45, 2.75) is 118 Å². The van der Waals surface area contributed by atoms with Gasteiger partial charge in [0, 0.05) is 261 Å².